The van der Waals surface area contributed by atoms with E-state index in [-0.39, 0.29) is 5.82 Å². The summed E-state index contributed by atoms with van der Waals surface area (Å²) in [4.78, 5) is 3.63. The first-order chi connectivity index (χ1) is 8.57. The number of rotatable bonds is 4. The molecule has 0 fully saturated rings. The monoisotopic (exact) mass is 290 g/mol. The third kappa shape index (κ3) is 3.82. The van der Waals surface area contributed by atoms with Crippen molar-refractivity contribution in [3.8, 4) is 0 Å². The molecular formula is C9H12F6N4. The molecule has 0 amide bonds. The van der Waals surface area contributed by atoms with Crippen LogP contribution >= 0.6 is 0 Å². The summed E-state index contributed by atoms with van der Waals surface area (Å²) < 4.78 is 76.6. The zero-order valence-corrected chi connectivity index (χ0v) is 10.0. The van der Waals surface area contributed by atoms with Crippen LogP contribution in [-0.2, 0) is 13.5 Å². The van der Waals surface area contributed by atoms with Crippen molar-refractivity contribution < 1.29 is 26.3 Å². The average Bonchev–Trinajstić information content (AvgIpc) is 2.59. The van der Waals surface area contributed by atoms with Crippen LogP contribution in [0.5, 0.6) is 0 Å². The Morgan fingerprint density at radius 3 is 2.05 bits per heavy atom. The van der Waals surface area contributed by atoms with Gasteiger partial charge in [0, 0.05) is 19.5 Å². The molecule has 1 unspecified atom stereocenters. The van der Waals surface area contributed by atoms with Gasteiger partial charge in [-0.05, 0) is 7.05 Å². The number of halogens is 6. The van der Waals surface area contributed by atoms with E-state index in [0.29, 0.717) is 0 Å². The van der Waals surface area contributed by atoms with Crippen molar-refractivity contribution >= 4 is 0 Å². The Morgan fingerprint density at radius 2 is 1.74 bits per heavy atom. The number of hydrogen-bond donors (Lipinski definition) is 1. The highest BCUT2D eigenvalue weighted by molar-refractivity contribution is 4.95. The van der Waals surface area contributed by atoms with Crippen molar-refractivity contribution in [2.75, 3.05) is 7.05 Å². The summed E-state index contributed by atoms with van der Waals surface area (Å²) in [5, 5.41) is 5.66. The summed E-state index contributed by atoms with van der Waals surface area (Å²) in [6, 6.07) is -1.86. The first-order valence-electron chi connectivity index (χ1n) is 5.21. The Hall–Kier alpha value is -1.32. The zero-order valence-electron chi connectivity index (χ0n) is 10.0. The molecule has 0 radical (unpaired) electrons. The molecule has 110 valence electrons. The molecule has 1 atom stereocenters. The molecule has 0 aliphatic heterocycles. The molecule has 19 heavy (non-hydrogen) atoms. The van der Waals surface area contributed by atoms with Gasteiger partial charge in [-0.1, -0.05) is 0 Å². The van der Waals surface area contributed by atoms with E-state index in [1.165, 1.54) is 7.05 Å². The summed E-state index contributed by atoms with van der Waals surface area (Å²) in [5.41, 5.74) is 0. The fraction of sp³-hybridized carbons (Fsp3) is 0.778. The Kier molecular flexibility index (Phi) is 4.43. The summed E-state index contributed by atoms with van der Waals surface area (Å²) >= 11 is 0. The standard InChI is InChI=1S/C9H12F6N4/c1-16-5(3-6-17-4-18-19(6)2)7(8(10,11)12)9(13,14)15/h4-5,7,16H,3H2,1-2H3. The van der Waals surface area contributed by atoms with Crippen LogP contribution in [0.3, 0.4) is 0 Å². The molecule has 0 aromatic carbocycles. The molecule has 0 saturated carbocycles. The van der Waals surface area contributed by atoms with Crippen LogP contribution in [0.25, 0.3) is 0 Å². The van der Waals surface area contributed by atoms with Crippen molar-refractivity contribution in [1.82, 2.24) is 20.1 Å². The molecular weight excluding hydrogens is 278 g/mol. The quantitative estimate of drug-likeness (QED) is 0.858. The van der Waals surface area contributed by atoms with Gasteiger partial charge in [-0.2, -0.15) is 31.4 Å². The SMILES string of the molecule is CNC(Cc1ncnn1C)C(C(F)(F)F)C(F)(F)F. The van der Waals surface area contributed by atoms with Gasteiger partial charge < -0.3 is 5.32 Å². The highest BCUT2D eigenvalue weighted by atomic mass is 19.4. The van der Waals surface area contributed by atoms with Gasteiger partial charge in [0.1, 0.15) is 12.2 Å². The van der Waals surface area contributed by atoms with Crippen LogP contribution in [0.1, 0.15) is 5.82 Å². The van der Waals surface area contributed by atoms with E-state index in [9.17, 15) is 26.3 Å². The maximum Gasteiger partial charge on any atom is 0.402 e. The molecule has 0 aliphatic carbocycles. The average molecular weight is 290 g/mol. The van der Waals surface area contributed by atoms with Gasteiger partial charge in [-0.25, -0.2) is 4.98 Å². The highest BCUT2D eigenvalue weighted by Crippen LogP contribution is 2.41. The summed E-state index contributed by atoms with van der Waals surface area (Å²) in [6.07, 6.45) is -10.2. The molecule has 0 spiro atoms. The largest absolute Gasteiger partial charge is 0.402 e. The Morgan fingerprint density at radius 1 is 1.21 bits per heavy atom. The van der Waals surface area contributed by atoms with Crippen molar-refractivity contribution in [3.05, 3.63) is 12.2 Å². The minimum Gasteiger partial charge on any atom is -0.316 e. The van der Waals surface area contributed by atoms with E-state index in [2.05, 4.69) is 15.4 Å². The normalized spacial score (nSPS) is 15.0. The van der Waals surface area contributed by atoms with E-state index in [1.807, 2.05) is 0 Å². The molecule has 0 saturated heterocycles. The van der Waals surface area contributed by atoms with Crippen molar-refractivity contribution in [1.29, 1.82) is 0 Å². The summed E-state index contributed by atoms with van der Waals surface area (Å²) in [6.45, 7) is 0. The molecule has 1 aromatic rings. The van der Waals surface area contributed by atoms with Gasteiger partial charge in [0.15, 0.2) is 5.92 Å². The maximum absolute atomic E-state index is 12.6. The van der Waals surface area contributed by atoms with Gasteiger partial charge in [-0.15, -0.1) is 0 Å². The summed E-state index contributed by atoms with van der Waals surface area (Å²) in [7, 11) is 2.44. The number of aromatic nitrogens is 3. The fourth-order valence-electron chi connectivity index (χ4n) is 1.73. The molecule has 1 aromatic heterocycles. The molecule has 1 rings (SSSR count). The van der Waals surface area contributed by atoms with Gasteiger partial charge >= 0.3 is 12.4 Å². The van der Waals surface area contributed by atoms with Crippen LogP contribution in [0, 0.1) is 5.92 Å². The summed E-state index contributed by atoms with van der Waals surface area (Å²) in [5.74, 6) is -3.42. The lowest BCUT2D eigenvalue weighted by molar-refractivity contribution is -0.291. The minimum atomic E-state index is -5.38. The van der Waals surface area contributed by atoms with Crippen LogP contribution in [0.15, 0.2) is 6.33 Å². The van der Waals surface area contributed by atoms with E-state index in [0.717, 1.165) is 18.1 Å². The topological polar surface area (TPSA) is 42.7 Å². The van der Waals surface area contributed by atoms with E-state index < -0.39 is 30.7 Å². The second kappa shape index (κ2) is 5.35. The van der Waals surface area contributed by atoms with E-state index in [1.54, 1.807) is 0 Å². The molecule has 1 N–H and O–H groups in total. The van der Waals surface area contributed by atoms with Gasteiger partial charge in [0.25, 0.3) is 0 Å². The van der Waals surface area contributed by atoms with Crippen LogP contribution < -0.4 is 5.32 Å². The third-order valence-electron chi connectivity index (χ3n) is 2.69. The number of nitrogens with zero attached hydrogens (tertiary/aromatic N) is 3. The first-order valence-corrected chi connectivity index (χ1v) is 5.21. The zero-order chi connectivity index (χ0) is 14.8. The highest BCUT2D eigenvalue weighted by Gasteiger charge is 2.59. The molecule has 0 bridgehead atoms. The van der Waals surface area contributed by atoms with Gasteiger partial charge in [-0.3, -0.25) is 4.68 Å². The predicted molar refractivity (Wildman–Crippen MR) is 53.2 cm³/mol. The second-order valence-corrected chi connectivity index (χ2v) is 3.96. The molecule has 4 nitrogen and oxygen atoms in total. The minimum absolute atomic E-state index is 0.0397. The lowest BCUT2D eigenvalue weighted by Crippen LogP contribution is -2.51. The van der Waals surface area contributed by atoms with Crippen molar-refractivity contribution in [2.45, 2.75) is 24.8 Å². The number of nitrogens with one attached hydrogen (secondary N) is 1. The fourth-order valence-corrected chi connectivity index (χ4v) is 1.73. The number of hydrogen-bond acceptors (Lipinski definition) is 3. The molecule has 10 heteroatoms. The number of aryl methyl sites for hydroxylation is 1. The van der Waals surface area contributed by atoms with Crippen molar-refractivity contribution in [2.24, 2.45) is 13.0 Å². The maximum atomic E-state index is 12.6. The van der Waals surface area contributed by atoms with Crippen molar-refractivity contribution in [3.63, 3.8) is 0 Å². The third-order valence-corrected chi connectivity index (χ3v) is 2.69. The lowest BCUT2D eigenvalue weighted by atomic mass is 9.95. The number of likely N-dealkylation sites (N-methyl/N-ethyl adjacent to an activating group) is 1. The molecule has 1 heterocycles. The van der Waals surface area contributed by atoms with Crippen LogP contribution in [0.4, 0.5) is 26.3 Å². The Labute approximate surface area is 104 Å². The van der Waals surface area contributed by atoms with Gasteiger partial charge in [0.2, 0.25) is 0 Å². The van der Waals surface area contributed by atoms with Crippen LogP contribution in [-0.4, -0.2) is 40.2 Å². The van der Waals surface area contributed by atoms with Gasteiger partial charge in [0.05, 0.1) is 0 Å². The Balaban J connectivity index is 3.01. The van der Waals surface area contributed by atoms with E-state index in [4.69, 9.17) is 0 Å². The molecule has 0 aliphatic rings. The number of alkyl halides is 6. The van der Waals surface area contributed by atoms with Crippen LogP contribution in [0.2, 0.25) is 0 Å². The lowest BCUT2D eigenvalue weighted by Gasteiger charge is -2.30. The first kappa shape index (κ1) is 15.7. The smallest absolute Gasteiger partial charge is 0.316 e. The second-order valence-electron chi connectivity index (χ2n) is 3.96. The Bertz CT molecular complexity index is 396. The predicted octanol–water partition coefficient (Wildman–Crippen LogP) is 1.69. The van der Waals surface area contributed by atoms with E-state index >= 15 is 0 Å².